The summed E-state index contributed by atoms with van der Waals surface area (Å²) in [5, 5.41) is 0. The second-order valence-corrected chi connectivity index (χ2v) is 3.58. The average Bonchev–Trinajstić information content (AvgIpc) is 2.42. The number of aldehydes is 1. The van der Waals surface area contributed by atoms with Crippen LogP contribution in [0.25, 0.3) is 0 Å². The van der Waals surface area contributed by atoms with E-state index in [0.717, 1.165) is 6.29 Å². The zero-order chi connectivity index (χ0) is 13.4. The van der Waals surface area contributed by atoms with Crippen molar-refractivity contribution in [1.82, 2.24) is 0 Å². The Balaban J connectivity index is 2.88. The van der Waals surface area contributed by atoms with Crippen molar-refractivity contribution in [2.24, 2.45) is 0 Å². The number of hydrogen-bond acceptors (Lipinski definition) is 4. The number of carbonyl (C=O) groups excluding carboxylic acids is 2. The van der Waals surface area contributed by atoms with Gasteiger partial charge in [0.15, 0.2) is 5.78 Å². The van der Waals surface area contributed by atoms with E-state index in [-0.39, 0.29) is 5.78 Å². The maximum Gasteiger partial charge on any atom is 0.189 e. The van der Waals surface area contributed by atoms with Crippen LogP contribution in [0.4, 0.5) is 0 Å². The molecule has 0 aliphatic rings. The topological polar surface area (TPSA) is 52.6 Å². The second-order valence-electron chi connectivity index (χ2n) is 3.58. The molecule has 0 saturated heterocycles. The van der Waals surface area contributed by atoms with E-state index in [0.29, 0.717) is 29.9 Å². The Hall–Kier alpha value is -2.10. The third-order valence-electron chi connectivity index (χ3n) is 2.39. The monoisotopic (exact) mass is 248 g/mol. The van der Waals surface area contributed by atoms with E-state index in [9.17, 15) is 9.59 Å². The highest BCUT2D eigenvalue weighted by Crippen LogP contribution is 2.24. The predicted octanol–water partition coefficient (Wildman–Crippen LogP) is 2.42. The first-order valence-corrected chi connectivity index (χ1v) is 5.59. The molecule has 1 rings (SSSR count). The Labute approximate surface area is 106 Å². The maximum atomic E-state index is 11.9. The highest BCUT2D eigenvalue weighted by molar-refractivity contribution is 6.06. The second kappa shape index (κ2) is 7.27. The van der Waals surface area contributed by atoms with Crippen LogP contribution in [-0.2, 0) is 4.79 Å². The minimum atomic E-state index is -0.170. The van der Waals surface area contributed by atoms with Crippen LogP contribution in [-0.4, -0.2) is 26.3 Å². The molecule has 0 aliphatic heterocycles. The number of carbonyl (C=O) groups is 2. The normalized spacial score (nSPS) is 10.3. The molecule has 0 amide bonds. The van der Waals surface area contributed by atoms with Crippen molar-refractivity contribution in [1.29, 1.82) is 0 Å². The lowest BCUT2D eigenvalue weighted by molar-refractivity contribution is -0.107. The summed E-state index contributed by atoms with van der Waals surface area (Å²) in [4.78, 5) is 22.1. The molecule has 1 aromatic carbocycles. The lowest BCUT2D eigenvalue weighted by Gasteiger charge is -2.07. The largest absolute Gasteiger partial charge is 0.497 e. The Morgan fingerprint density at radius 2 is 2.00 bits per heavy atom. The fourth-order valence-corrected chi connectivity index (χ4v) is 1.45. The molecule has 0 atom stereocenters. The minimum absolute atomic E-state index is 0.170. The molecule has 0 radical (unpaired) electrons. The lowest BCUT2D eigenvalue weighted by atomic mass is 10.1. The molecule has 0 unspecified atom stereocenters. The fraction of sp³-hybridized carbons (Fsp3) is 0.286. The SMILES string of the molecule is COc1ccc(OC)c(C(=O)/C=C/CCC=O)c1. The first-order valence-electron chi connectivity index (χ1n) is 5.59. The van der Waals surface area contributed by atoms with Gasteiger partial charge in [0.2, 0.25) is 0 Å². The fourth-order valence-electron chi connectivity index (χ4n) is 1.45. The molecule has 0 N–H and O–H groups in total. The van der Waals surface area contributed by atoms with Crippen LogP contribution >= 0.6 is 0 Å². The van der Waals surface area contributed by atoms with Gasteiger partial charge in [0, 0.05) is 6.42 Å². The van der Waals surface area contributed by atoms with Crippen LogP contribution in [0.5, 0.6) is 11.5 Å². The first kappa shape index (κ1) is 14.0. The van der Waals surface area contributed by atoms with Crippen LogP contribution in [0.2, 0.25) is 0 Å². The van der Waals surface area contributed by atoms with Crippen molar-refractivity contribution >= 4 is 12.1 Å². The standard InChI is InChI=1S/C14H16O4/c1-17-11-7-8-14(18-2)12(10-11)13(16)6-4-3-5-9-15/h4,6-10H,3,5H2,1-2H3/b6-4+. The van der Waals surface area contributed by atoms with Gasteiger partial charge >= 0.3 is 0 Å². The predicted molar refractivity (Wildman–Crippen MR) is 68.3 cm³/mol. The molecule has 0 aliphatic carbocycles. The summed E-state index contributed by atoms with van der Waals surface area (Å²) in [7, 11) is 3.05. The molecular formula is C14H16O4. The number of unbranched alkanes of at least 4 members (excludes halogenated alkanes) is 1. The molecule has 96 valence electrons. The van der Waals surface area contributed by atoms with Gasteiger partial charge in [0.25, 0.3) is 0 Å². The molecule has 0 saturated carbocycles. The highest BCUT2D eigenvalue weighted by Gasteiger charge is 2.10. The third kappa shape index (κ3) is 3.73. The van der Waals surface area contributed by atoms with E-state index in [1.54, 1.807) is 24.3 Å². The van der Waals surface area contributed by atoms with Gasteiger partial charge in [-0.15, -0.1) is 0 Å². The summed E-state index contributed by atoms with van der Waals surface area (Å²) < 4.78 is 10.2. The quantitative estimate of drug-likeness (QED) is 0.322. The summed E-state index contributed by atoms with van der Waals surface area (Å²) in [6, 6.07) is 5.04. The van der Waals surface area contributed by atoms with Gasteiger partial charge in [-0.25, -0.2) is 0 Å². The molecule has 0 spiro atoms. The number of ketones is 1. The molecule has 1 aromatic rings. The number of benzene rings is 1. The van der Waals surface area contributed by atoms with E-state index in [1.165, 1.54) is 20.3 Å². The summed E-state index contributed by atoms with van der Waals surface area (Å²) >= 11 is 0. The van der Waals surface area contributed by atoms with Crippen LogP contribution in [0.3, 0.4) is 0 Å². The average molecular weight is 248 g/mol. The van der Waals surface area contributed by atoms with E-state index in [1.807, 2.05) is 0 Å². The van der Waals surface area contributed by atoms with Crippen molar-refractivity contribution < 1.29 is 19.1 Å². The van der Waals surface area contributed by atoms with Gasteiger partial charge in [0.1, 0.15) is 17.8 Å². The molecular weight excluding hydrogens is 232 g/mol. The van der Waals surface area contributed by atoms with Crippen LogP contribution in [0.1, 0.15) is 23.2 Å². The van der Waals surface area contributed by atoms with Crippen LogP contribution < -0.4 is 9.47 Å². The molecule has 0 fully saturated rings. The van der Waals surface area contributed by atoms with Crippen molar-refractivity contribution in [3.63, 3.8) is 0 Å². The van der Waals surface area contributed by atoms with Crippen molar-refractivity contribution in [2.75, 3.05) is 14.2 Å². The number of rotatable bonds is 7. The van der Waals surface area contributed by atoms with Gasteiger partial charge in [-0.2, -0.15) is 0 Å². The summed E-state index contributed by atoms with van der Waals surface area (Å²) in [6.07, 6.45) is 4.91. The molecule has 18 heavy (non-hydrogen) atoms. The van der Waals surface area contributed by atoms with E-state index in [2.05, 4.69) is 0 Å². The van der Waals surface area contributed by atoms with Gasteiger partial charge in [-0.05, 0) is 30.7 Å². The van der Waals surface area contributed by atoms with E-state index in [4.69, 9.17) is 9.47 Å². The lowest BCUT2D eigenvalue weighted by Crippen LogP contribution is -1.99. The maximum absolute atomic E-state index is 11.9. The van der Waals surface area contributed by atoms with E-state index >= 15 is 0 Å². The first-order chi connectivity index (χ1) is 8.72. The van der Waals surface area contributed by atoms with Gasteiger partial charge < -0.3 is 14.3 Å². The van der Waals surface area contributed by atoms with Gasteiger partial charge in [0.05, 0.1) is 19.8 Å². The molecule has 4 heteroatoms. The van der Waals surface area contributed by atoms with Crippen molar-refractivity contribution in [2.45, 2.75) is 12.8 Å². The van der Waals surface area contributed by atoms with Crippen LogP contribution in [0.15, 0.2) is 30.4 Å². The third-order valence-corrected chi connectivity index (χ3v) is 2.39. The van der Waals surface area contributed by atoms with Crippen molar-refractivity contribution in [3.8, 4) is 11.5 Å². The molecule has 0 heterocycles. The minimum Gasteiger partial charge on any atom is -0.497 e. The Bertz CT molecular complexity index is 449. The van der Waals surface area contributed by atoms with E-state index < -0.39 is 0 Å². The summed E-state index contributed by atoms with van der Waals surface area (Å²) in [5.74, 6) is 0.929. The van der Waals surface area contributed by atoms with Gasteiger partial charge in [-0.1, -0.05) is 6.08 Å². The molecule has 4 nitrogen and oxygen atoms in total. The zero-order valence-corrected chi connectivity index (χ0v) is 10.5. The van der Waals surface area contributed by atoms with Gasteiger partial charge in [-0.3, -0.25) is 4.79 Å². The Kier molecular flexibility index (Phi) is 5.64. The number of ether oxygens (including phenoxy) is 2. The zero-order valence-electron chi connectivity index (χ0n) is 10.5. The Morgan fingerprint density at radius 3 is 2.61 bits per heavy atom. The van der Waals surface area contributed by atoms with Crippen LogP contribution in [0, 0.1) is 0 Å². The Morgan fingerprint density at radius 1 is 1.22 bits per heavy atom. The smallest absolute Gasteiger partial charge is 0.189 e. The van der Waals surface area contributed by atoms with Crippen molar-refractivity contribution in [3.05, 3.63) is 35.9 Å². The number of hydrogen-bond donors (Lipinski definition) is 0. The molecule has 0 aromatic heterocycles. The molecule has 0 bridgehead atoms. The summed E-state index contributed by atoms with van der Waals surface area (Å²) in [6.45, 7) is 0. The summed E-state index contributed by atoms with van der Waals surface area (Å²) in [5.41, 5.74) is 0.444. The highest BCUT2D eigenvalue weighted by atomic mass is 16.5. The number of allylic oxidation sites excluding steroid dienone is 2. The number of methoxy groups -OCH3 is 2.